The summed E-state index contributed by atoms with van der Waals surface area (Å²) in [5.41, 5.74) is 6.31. The predicted octanol–water partition coefficient (Wildman–Crippen LogP) is 0.926. The number of rotatable bonds is 4. The first kappa shape index (κ1) is 12.4. The van der Waals surface area contributed by atoms with E-state index < -0.39 is 9.84 Å². The van der Waals surface area contributed by atoms with Crippen molar-refractivity contribution in [2.45, 2.75) is 12.3 Å². The molecule has 1 unspecified atom stereocenters. The van der Waals surface area contributed by atoms with Gasteiger partial charge in [-0.1, -0.05) is 18.2 Å². The van der Waals surface area contributed by atoms with Gasteiger partial charge in [0.05, 0.1) is 18.1 Å². The number of benzene rings is 1. The Hall–Kier alpha value is -1.07. The van der Waals surface area contributed by atoms with Gasteiger partial charge in [0.25, 0.3) is 0 Å². The molecule has 1 heterocycles. The largest absolute Gasteiger partial charge is 0.493 e. The minimum Gasteiger partial charge on any atom is -0.493 e. The molecule has 17 heavy (non-hydrogen) atoms. The number of ether oxygens (including phenoxy) is 1. The maximum atomic E-state index is 11.8. The van der Waals surface area contributed by atoms with Crippen molar-refractivity contribution in [3.05, 3.63) is 29.8 Å². The summed E-state index contributed by atoms with van der Waals surface area (Å²) in [5.74, 6) is 1.08. The third kappa shape index (κ3) is 2.98. The van der Waals surface area contributed by atoms with Gasteiger partial charge in [0, 0.05) is 12.5 Å². The lowest BCUT2D eigenvalue weighted by molar-refractivity contribution is 0.272. The van der Waals surface area contributed by atoms with E-state index in [0.717, 1.165) is 17.7 Å². The normalized spacial score (nSPS) is 19.5. The second-order valence-corrected chi connectivity index (χ2v) is 6.50. The van der Waals surface area contributed by atoms with E-state index in [1.54, 1.807) is 0 Å². The summed E-state index contributed by atoms with van der Waals surface area (Å²) in [6.07, 6.45) is 0.751. The van der Waals surface area contributed by atoms with Gasteiger partial charge in [-0.25, -0.2) is 8.42 Å². The van der Waals surface area contributed by atoms with Gasteiger partial charge in [-0.2, -0.15) is 0 Å². The Bertz CT molecular complexity index is 484. The fraction of sp³-hybridized carbons (Fsp3) is 0.500. The molecule has 1 aliphatic rings. The summed E-state index contributed by atoms with van der Waals surface area (Å²) >= 11 is 0. The van der Waals surface area contributed by atoms with Crippen molar-refractivity contribution in [1.29, 1.82) is 0 Å². The number of hydrogen-bond donors (Lipinski definition) is 1. The second-order valence-electron chi connectivity index (χ2n) is 4.27. The van der Waals surface area contributed by atoms with E-state index in [9.17, 15) is 8.42 Å². The Morgan fingerprint density at radius 3 is 2.88 bits per heavy atom. The lowest BCUT2D eigenvalue weighted by Crippen LogP contribution is -2.25. The molecule has 1 aliphatic heterocycles. The zero-order valence-corrected chi connectivity index (χ0v) is 10.4. The lowest BCUT2D eigenvalue weighted by atomic mass is 9.95. The van der Waals surface area contributed by atoms with Crippen LogP contribution < -0.4 is 10.5 Å². The van der Waals surface area contributed by atoms with E-state index in [0.29, 0.717) is 6.61 Å². The first-order valence-corrected chi connectivity index (χ1v) is 7.57. The molecule has 5 heteroatoms. The monoisotopic (exact) mass is 255 g/mol. The van der Waals surface area contributed by atoms with Crippen molar-refractivity contribution in [2.75, 3.05) is 24.7 Å². The highest BCUT2D eigenvalue weighted by Gasteiger charge is 2.25. The Morgan fingerprint density at radius 2 is 2.12 bits per heavy atom. The molecule has 0 fully saturated rings. The van der Waals surface area contributed by atoms with Crippen LogP contribution in [0.5, 0.6) is 5.75 Å². The molecular formula is C12H17NO3S. The van der Waals surface area contributed by atoms with Crippen LogP contribution in [0.2, 0.25) is 0 Å². The Labute approximate surface area is 102 Å². The third-order valence-electron chi connectivity index (χ3n) is 2.97. The zero-order valence-electron chi connectivity index (χ0n) is 9.63. The average molecular weight is 255 g/mol. The van der Waals surface area contributed by atoms with Gasteiger partial charge in [-0.15, -0.1) is 0 Å². The van der Waals surface area contributed by atoms with Crippen molar-refractivity contribution >= 4 is 9.84 Å². The van der Waals surface area contributed by atoms with Crippen LogP contribution in [-0.2, 0) is 9.84 Å². The van der Waals surface area contributed by atoms with Crippen molar-refractivity contribution in [1.82, 2.24) is 0 Å². The van der Waals surface area contributed by atoms with Gasteiger partial charge in [0.1, 0.15) is 5.75 Å². The smallest absolute Gasteiger partial charge is 0.152 e. The maximum Gasteiger partial charge on any atom is 0.152 e. The molecule has 0 saturated carbocycles. The number of para-hydroxylation sites is 1. The first-order chi connectivity index (χ1) is 8.12. The number of sulfone groups is 1. The molecule has 1 aromatic carbocycles. The van der Waals surface area contributed by atoms with E-state index in [1.807, 2.05) is 24.3 Å². The molecule has 94 valence electrons. The van der Waals surface area contributed by atoms with Crippen molar-refractivity contribution < 1.29 is 13.2 Å². The topological polar surface area (TPSA) is 69.4 Å². The van der Waals surface area contributed by atoms with Gasteiger partial charge in [-0.3, -0.25) is 0 Å². The van der Waals surface area contributed by atoms with E-state index in [1.165, 1.54) is 0 Å². The van der Waals surface area contributed by atoms with E-state index >= 15 is 0 Å². The summed E-state index contributed by atoms with van der Waals surface area (Å²) in [4.78, 5) is 0. The van der Waals surface area contributed by atoms with Gasteiger partial charge < -0.3 is 10.5 Å². The van der Waals surface area contributed by atoms with Crippen LogP contribution >= 0.6 is 0 Å². The fourth-order valence-electron chi connectivity index (χ4n) is 2.16. The molecule has 4 nitrogen and oxygen atoms in total. The standard InChI is InChI=1S/C12H17NO3S/c13-6-8-17(14,15)9-10-5-7-16-12-4-2-1-3-11(10)12/h1-4,10H,5-9,13H2. The highest BCUT2D eigenvalue weighted by molar-refractivity contribution is 7.91. The molecule has 1 atom stereocenters. The molecule has 0 amide bonds. The van der Waals surface area contributed by atoms with Crippen molar-refractivity contribution in [3.63, 3.8) is 0 Å². The number of hydrogen-bond acceptors (Lipinski definition) is 4. The van der Waals surface area contributed by atoms with Gasteiger partial charge in [0.2, 0.25) is 0 Å². The van der Waals surface area contributed by atoms with Crippen LogP contribution in [0, 0.1) is 0 Å². The van der Waals surface area contributed by atoms with Crippen LogP contribution in [0.1, 0.15) is 17.9 Å². The molecule has 0 aliphatic carbocycles. The Kier molecular flexibility index (Phi) is 3.69. The summed E-state index contributed by atoms with van der Waals surface area (Å²) in [7, 11) is -3.05. The highest BCUT2D eigenvalue weighted by atomic mass is 32.2. The van der Waals surface area contributed by atoms with Crippen LogP contribution in [-0.4, -0.2) is 33.1 Å². The summed E-state index contributed by atoms with van der Waals surface area (Å²) < 4.78 is 29.1. The molecule has 2 N–H and O–H groups in total. The van der Waals surface area contributed by atoms with Gasteiger partial charge >= 0.3 is 0 Å². The quantitative estimate of drug-likeness (QED) is 0.869. The molecule has 0 spiro atoms. The average Bonchev–Trinajstić information content (AvgIpc) is 2.29. The van der Waals surface area contributed by atoms with Crippen LogP contribution in [0.4, 0.5) is 0 Å². The Balaban J connectivity index is 2.19. The molecule has 0 aromatic heterocycles. The molecule has 0 saturated heterocycles. The van der Waals surface area contributed by atoms with E-state index in [4.69, 9.17) is 10.5 Å². The predicted molar refractivity (Wildman–Crippen MR) is 67.0 cm³/mol. The maximum absolute atomic E-state index is 11.8. The molecule has 0 bridgehead atoms. The summed E-state index contributed by atoms with van der Waals surface area (Å²) in [5, 5.41) is 0. The van der Waals surface area contributed by atoms with Crippen molar-refractivity contribution in [3.8, 4) is 5.75 Å². The minimum atomic E-state index is -3.05. The van der Waals surface area contributed by atoms with Crippen LogP contribution in [0.25, 0.3) is 0 Å². The zero-order chi connectivity index (χ0) is 12.3. The fourth-order valence-corrected chi connectivity index (χ4v) is 3.64. The highest BCUT2D eigenvalue weighted by Crippen LogP contribution is 2.34. The lowest BCUT2D eigenvalue weighted by Gasteiger charge is -2.25. The second kappa shape index (κ2) is 5.06. The van der Waals surface area contributed by atoms with E-state index in [2.05, 4.69) is 0 Å². The van der Waals surface area contributed by atoms with Gasteiger partial charge in [-0.05, 0) is 18.1 Å². The summed E-state index contributed by atoms with van der Waals surface area (Å²) in [6.45, 7) is 0.771. The first-order valence-electron chi connectivity index (χ1n) is 5.74. The molecular weight excluding hydrogens is 238 g/mol. The molecule has 1 aromatic rings. The molecule has 0 radical (unpaired) electrons. The Morgan fingerprint density at radius 1 is 1.35 bits per heavy atom. The number of nitrogens with two attached hydrogens (primary N) is 1. The summed E-state index contributed by atoms with van der Waals surface area (Å²) in [6, 6.07) is 7.64. The van der Waals surface area contributed by atoms with Gasteiger partial charge in [0.15, 0.2) is 9.84 Å². The van der Waals surface area contributed by atoms with Crippen LogP contribution in [0.3, 0.4) is 0 Å². The third-order valence-corrected chi connectivity index (χ3v) is 4.73. The molecule has 2 rings (SSSR count). The van der Waals surface area contributed by atoms with Crippen LogP contribution in [0.15, 0.2) is 24.3 Å². The minimum absolute atomic E-state index is 0.0384. The SMILES string of the molecule is NCCS(=O)(=O)CC1CCOc2ccccc21. The number of fused-ring (bicyclic) bond motifs is 1. The van der Waals surface area contributed by atoms with Crippen molar-refractivity contribution in [2.24, 2.45) is 5.73 Å². The van der Waals surface area contributed by atoms with E-state index in [-0.39, 0.29) is 24.0 Å².